The number of aliphatic hydroxyl groups is 1. The van der Waals surface area contributed by atoms with Gasteiger partial charge < -0.3 is 14.4 Å². The highest BCUT2D eigenvalue weighted by molar-refractivity contribution is 7.91. The number of benzene rings is 3. The third-order valence-corrected chi connectivity index (χ3v) is 7.36. The highest BCUT2D eigenvalue weighted by atomic mass is 35.5. The molecule has 0 bridgehead atoms. The molecule has 0 spiro atoms. The number of halogens is 3. The summed E-state index contributed by atoms with van der Waals surface area (Å²) in [6, 6.07) is 16.5. The van der Waals surface area contributed by atoms with E-state index in [4.69, 9.17) is 21.1 Å². The van der Waals surface area contributed by atoms with Crippen LogP contribution in [-0.2, 0) is 9.73 Å². The zero-order valence-electron chi connectivity index (χ0n) is 17.9. The second-order valence-electron chi connectivity index (χ2n) is 8.24. The summed E-state index contributed by atoms with van der Waals surface area (Å²) in [5.74, 6) is 0.437. The van der Waals surface area contributed by atoms with E-state index in [9.17, 15) is 18.1 Å². The summed E-state index contributed by atoms with van der Waals surface area (Å²) in [6.07, 6.45) is 0.732. The van der Waals surface area contributed by atoms with Gasteiger partial charge in [0.15, 0.2) is 0 Å². The largest absolute Gasteiger partial charge is 0.434 e. The highest BCUT2D eigenvalue weighted by Crippen LogP contribution is 2.45. The standard InChI is InChI=1S/C24H20ClF2N3O3S/c1-34(28,32)16-6-2-13(3-7-16)14-4-8-18-20(10-14)30-19(12-21(31)23(30)29-18)17-11-15(25)5-9-22(17)33-24(26)27/h2-11,19,21,24,28,31H,12H2,1H3/t19-,21-,34-/m1/s1. The van der Waals surface area contributed by atoms with Crippen molar-refractivity contribution < 1.29 is 22.8 Å². The van der Waals surface area contributed by atoms with Crippen LogP contribution >= 0.6 is 11.6 Å². The van der Waals surface area contributed by atoms with Crippen LogP contribution in [0.25, 0.3) is 22.2 Å². The molecule has 6 nitrogen and oxygen atoms in total. The molecule has 2 N–H and O–H groups in total. The third-order valence-electron chi connectivity index (χ3n) is 5.96. The van der Waals surface area contributed by atoms with Crippen LogP contribution in [0, 0.1) is 4.78 Å². The van der Waals surface area contributed by atoms with Crippen LogP contribution in [0.5, 0.6) is 5.75 Å². The summed E-state index contributed by atoms with van der Waals surface area (Å²) in [6.45, 7) is -3.00. The molecule has 5 rings (SSSR count). The lowest BCUT2D eigenvalue weighted by molar-refractivity contribution is -0.0507. The number of fused-ring (bicyclic) bond motifs is 3. The maximum Gasteiger partial charge on any atom is 0.387 e. The first-order chi connectivity index (χ1) is 16.1. The van der Waals surface area contributed by atoms with E-state index in [1.165, 1.54) is 18.4 Å². The topological polar surface area (TPSA) is 88.2 Å². The Morgan fingerprint density at radius 1 is 1.15 bits per heavy atom. The molecule has 0 fully saturated rings. The quantitative estimate of drug-likeness (QED) is 0.348. The summed E-state index contributed by atoms with van der Waals surface area (Å²) in [4.78, 5) is 5.02. The van der Waals surface area contributed by atoms with E-state index in [0.29, 0.717) is 26.8 Å². The van der Waals surface area contributed by atoms with Crippen molar-refractivity contribution in [3.63, 3.8) is 0 Å². The van der Waals surface area contributed by atoms with Gasteiger partial charge >= 0.3 is 6.61 Å². The van der Waals surface area contributed by atoms with E-state index in [1.54, 1.807) is 30.3 Å². The highest BCUT2D eigenvalue weighted by Gasteiger charge is 2.36. The number of imidazole rings is 1. The lowest BCUT2D eigenvalue weighted by atomic mass is 10.0. The molecule has 0 saturated heterocycles. The molecule has 1 aliphatic heterocycles. The molecule has 0 radical (unpaired) electrons. The molecule has 0 aliphatic carbocycles. The zero-order chi connectivity index (χ0) is 24.2. The van der Waals surface area contributed by atoms with Gasteiger partial charge in [0.05, 0.1) is 26.8 Å². The van der Waals surface area contributed by atoms with Crippen LogP contribution in [-0.4, -0.2) is 31.7 Å². The smallest absolute Gasteiger partial charge is 0.387 e. The van der Waals surface area contributed by atoms with Gasteiger partial charge in [0.25, 0.3) is 0 Å². The van der Waals surface area contributed by atoms with Gasteiger partial charge in [0.2, 0.25) is 0 Å². The molecule has 4 aromatic rings. The average molecular weight is 504 g/mol. The van der Waals surface area contributed by atoms with E-state index in [-0.39, 0.29) is 12.2 Å². The summed E-state index contributed by atoms with van der Waals surface area (Å²) >= 11 is 6.17. The van der Waals surface area contributed by atoms with Gasteiger partial charge in [-0.3, -0.25) is 0 Å². The normalized spacial score (nSPS) is 19.4. The number of rotatable bonds is 5. The van der Waals surface area contributed by atoms with Crippen LogP contribution in [0.2, 0.25) is 5.02 Å². The fourth-order valence-electron chi connectivity index (χ4n) is 4.43. The Labute approximate surface area is 199 Å². The van der Waals surface area contributed by atoms with Crippen molar-refractivity contribution in [2.24, 2.45) is 0 Å². The van der Waals surface area contributed by atoms with Crippen molar-refractivity contribution in [2.45, 2.75) is 30.1 Å². The Morgan fingerprint density at radius 2 is 1.85 bits per heavy atom. The first-order valence-corrected chi connectivity index (χ1v) is 12.7. The van der Waals surface area contributed by atoms with Gasteiger partial charge in [-0.25, -0.2) is 14.0 Å². The Balaban J connectivity index is 1.63. The molecule has 1 aromatic heterocycles. The maximum absolute atomic E-state index is 13.0. The minimum absolute atomic E-state index is 0.00315. The third kappa shape index (κ3) is 4.04. The number of hydrogen-bond acceptors (Lipinski definition) is 5. The second kappa shape index (κ2) is 8.33. The van der Waals surface area contributed by atoms with E-state index in [1.807, 2.05) is 22.8 Å². The molecule has 10 heteroatoms. The SMILES string of the molecule is C[S@@](=N)(=O)c1ccc(-c2ccc3nc4n(c3c2)[C@@H](c2cc(Cl)ccc2OC(F)F)C[C@H]4O)cc1. The predicted octanol–water partition coefficient (Wildman–Crippen LogP) is 6.02. The average Bonchev–Trinajstić information content (AvgIpc) is 3.31. The van der Waals surface area contributed by atoms with Gasteiger partial charge in [0, 0.05) is 28.2 Å². The van der Waals surface area contributed by atoms with E-state index >= 15 is 0 Å². The van der Waals surface area contributed by atoms with Crippen molar-refractivity contribution in [3.8, 4) is 16.9 Å². The molecular weight excluding hydrogens is 484 g/mol. The first-order valence-electron chi connectivity index (χ1n) is 10.4. The Kier molecular flexibility index (Phi) is 5.58. The Hall–Kier alpha value is -3.01. The number of nitrogens with zero attached hydrogens (tertiary/aromatic N) is 2. The molecule has 3 aromatic carbocycles. The lowest BCUT2D eigenvalue weighted by Crippen LogP contribution is -2.10. The summed E-state index contributed by atoms with van der Waals surface area (Å²) in [5.41, 5.74) is 3.52. The first kappa shape index (κ1) is 22.8. The second-order valence-corrected chi connectivity index (χ2v) is 10.8. The Bertz CT molecular complexity index is 1500. The van der Waals surface area contributed by atoms with E-state index in [0.717, 1.165) is 16.6 Å². The molecule has 3 atom stereocenters. The maximum atomic E-state index is 13.0. The fourth-order valence-corrected chi connectivity index (χ4v) is 5.27. The predicted molar refractivity (Wildman–Crippen MR) is 126 cm³/mol. The van der Waals surface area contributed by atoms with Crippen LogP contribution in [0.15, 0.2) is 65.6 Å². The van der Waals surface area contributed by atoms with E-state index in [2.05, 4.69) is 4.98 Å². The van der Waals surface area contributed by atoms with Crippen molar-refractivity contribution in [3.05, 3.63) is 77.1 Å². The summed E-state index contributed by atoms with van der Waals surface area (Å²) in [7, 11) is -2.81. The molecule has 0 amide bonds. The van der Waals surface area contributed by atoms with E-state index < -0.39 is 28.5 Å². The van der Waals surface area contributed by atoms with Crippen molar-refractivity contribution in [1.82, 2.24) is 9.55 Å². The van der Waals surface area contributed by atoms with Crippen molar-refractivity contribution in [1.29, 1.82) is 4.78 Å². The minimum atomic E-state index is -3.00. The van der Waals surface area contributed by atoms with Crippen LogP contribution in [0.1, 0.15) is 30.0 Å². The molecule has 2 heterocycles. The van der Waals surface area contributed by atoms with Gasteiger partial charge in [-0.2, -0.15) is 8.78 Å². The lowest BCUT2D eigenvalue weighted by Gasteiger charge is -2.19. The minimum Gasteiger partial charge on any atom is -0.434 e. The number of nitrogens with one attached hydrogen (secondary N) is 1. The van der Waals surface area contributed by atoms with Gasteiger partial charge in [-0.05, 0) is 53.6 Å². The van der Waals surface area contributed by atoms with Crippen molar-refractivity contribution in [2.75, 3.05) is 6.26 Å². The van der Waals surface area contributed by atoms with Crippen LogP contribution in [0.4, 0.5) is 8.78 Å². The monoisotopic (exact) mass is 503 g/mol. The van der Waals surface area contributed by atoms with Gasteiger partial charge in [-0.15, -0.1) is 0 Å². The van der Waals surface area contributed by atoms with Crippen LogP contribution in [0.3, 0.4) is 0 Å². The molecule has 0 unspecified atom stereocenters. The van der Waals surface area contributed by atoms with Gasteiger partial charge in [-0.1, -0.05) is 29.8 Å². The van der Waals surface area contributed by atoms with Gasteiger partial charge in [0.1, 0.15) is 17.7 Å². The number of ether oxygens (including phenoxy) is 1. The molecular formula is C24H20ClF2N3O3S. The van der Waals surface area contributed by atoms with Crippen molar-refractivity contribution >= 4 is 32.4 Å². The zero-order valence-corrected chi connectivity index (χ0v) is 19.5. The number of aromatic nitrogens is 2. The molecule has 176 valence electrons. The fraction of sp³-hybridized carbons (Fsp3) is 0.208. The number of alkyl halides is 2. The number of aliphatic hydroxyl groups excluding tert-OH is 1. The summed E-state index contributed by atoms with van der Waals surface area (Å²) in [5, 5.41) is 11.1. The number of hydrogen-bond donors (Lipinski definition) is 2. The Morgan fingerprint density at radius 3 is 2.53 bits per heavy atom. The molecule has 34 heavy (non-hydrogen) atoms. The molecule has 1 aliphatic rings. The van der Waals surface area contributed by atoms with Crippen LogP contribution < -0.4 is 4.74 Å². The molecule has 0 saturated carbocycles. The summed E-state index contributed by atoms with van der Waals surface area (Å²) < 4.78 is 52.4.